The molecule has 82 heavy (non-hydrogen) atoms. The SMILES string of the molecule is CC1(C)c2ccccc2-c2cc(N(c3ccccc3)c3cc4c(cc3-c3ccccc3)-c3cc(-c5ccccc5)ccc3C43c4ccccc4-c4ccc(N(c5ccccc5)c5ccc(C6C7CC8CC(C7)CC6C8)cc5)cc43)ccc21. The summed E-state index contributed by atoms with van der Waals surface area (Å²) < 4.78 is 0. The summed E-state index contributed by atoms with van der Waals surface area (Å²) in [6.07, 6.45) is 7.19. The van der Waals surface area contributed by atoms with Crippen LogP contribution in [0.25, 0.3) is 55.6 Å². The van der Waals surface area contributed by atoms with Crippen molar-refractivity contribution < 1.29 is 0 Å². The van der Waals surface area contributed by atoms with Gasteiger partial charge in [0.25, 0.3) is 0 Å². The van der Waals surface area contributed by atoms with Gasteiger partial charge in [-0.25, -0.2) is 0 Å². The van der Waals surface area contributed by atoms with Crippen LogP contribution in [-0.4, -0.2) is 0 Å². The van der Waals surface area contributed by atoms with Gasteiger partial charge in [0.2, 0.25) is 0 Å². The third-order valence-corrected chi connectivity index (χ3v) is 20.6. The van der Waals surface area contributed by atoms with Crippen LogP contribution in [-0.2, 0) is 10.8 Å². The highest BCUT2D eigenvalue weighted by atomic mass is 15.2. The number of rotatable bonds is 9. The maximum Gasteiger partial charge on any atom is 0.0727 e. The second kappa shape index (κ2) is 18.3. The molecule has 1 unspecified atom stereocenters. The summed E-state index contributed by atoms with van der Waals surface area (Å²) in [5, 5.41) is 0. The summed E-state index contributed by atoms with van der Waals surface area (Å²) >= 11 is 0. The van der Waals surface area contributed by atoms with Crippen LogP contribution in [0, 0.1) is 23.7 Å². The van der Waals surface area contributed by atoms with E-state index in [-0.39, 0.29) is 5.41 Å². The number of nitrogens with zero attached hydrogens (tertiary/aromatic N) is 2. The average molecular weight is 1050 g/mol. The number of hydrogen-bond donors (Lipinski definition) is 0. The third-order valence-electron chi connectivity index (χ3n) is 20.6. The summed E-state index contributed by atoms with van der Waals surface area (Å²) in [5.74, 6) is 4.28. The van der Waals surface area contributed by atoms with Gasteiger partial charge in [-0.05, 0) is 230 Å². The van der Waals surface area contributed by atoms with Gasteiger partial charge in [-0.1, -0.05) is 196 Å². The van der Waals surface area contributed by atoms with Crippen LogP contribution < -0.4 is 9.80 Å². The van der Waals surface area contributed by atoms with Crippen LogP contribution in [0.5, 0.6) is 0 Å². The van der Waals surface area contributed by atoms with E-state index in [1.165, 1.54) is 127 Å². The Morgan fingerprint density at radius 3 is 1.44 bits per heavy atom. The molecule has 7 aliphatic carbocycles. The van der Waals surface area contributed by atoms with Crippen molar-refractivity contribution in [1.82, 2.24) is 0 Å². The van der Waals surface area contributed by atoms with E-state index in [0.29, 0.717) is 5.92 Å². The zero-order valence-electron chi connectivity index (χ0n) is 46.6. The monoisotopic (exact) mass is 1050 g/mol. The molecule has 11 aromatic carbocycles. The predicted octanol–water partition coefficient (Wildman–Crippen LogP) is 21.1. The number of fused-ring (bicyclic) bond motifs is 13. The number of para-hydroxylation sites is 2. The van der Waals surface area contributed by atoms with Crippen molar-refractivity contribution in [2.24, 2.45) is 23.7 Å². The molecule has 1 spiro atoms. The summed E-state index contributed by atoms with van der Waals surface area (Å²) in [7, 11) is 0. The standard InChI is InChI=1S/C80H64N2/c1-79(2)71-29-17-15-28-65(71)69-47-62(37-40-72(69)79)82(60-25-13-6-14-26-60)77-50-76-70(49-67(77)54-21-9-4-10-22-54)68-46-56(53-19-7-3-8-20-53)33-39-74(68)80(76)73-30-18-16-27-64(73)66-38-36-63(48-75(66)80)81(59-23-11-5-12-24-59)61-34-31-55(32-35-61)78-57-42-51-41-52(44-57)45-58(78)43-51/h3-40,46-52,57-58,78H,41-45H2,1-2H3. The van der Waals surface area contributed by atoms with Gasteiger partial charge >= 0.3 is 0 Å². The lowest BCUT2D eigenvalue weighted by atomic mass is 9.51. The van der Waals surface area contributed by atoms with E-state index < -0.39 is 5.41 Å². The Bertz CT molecular complexity index is 4280. The highest BCUT2D eigenvalue weighted by Gasteiger charge is 2.53. The minimum absolute atomic E-state index is 0.114. The van der Waals surface area contributed by atoms with Gasteiger partial charge in [0.15, 0.2) is 0 Å². The first kappa shape index (κ1) is 47.8. The number of anilines is 6. The zero-order chi connectivity index (χ0) is 54.3. The Kier molecular flexibility index (Phi) is 10.6. The second-order valence-electron chi connectivity index (χ2n) is 25.2. The van der Waals surface area contributed by atoms with Crippen LogP contribution >= 0.6 is 0 Å². The van der Waals surface area contributed by atoms with E-state index in [1.54, 1.807) is 5.56 Å². The van der Waals surface area contributed by atoms with Crippen molar-refractivity contribution in [3.63, 3.8) is 0 Å². The molecule has 2 heteroatoms. The fourth-order valence-corrected chi connectivity index (χ4v) is 17.4. The maximum atomic E-state index is 2.61. The molecular weight excluding hydrogens is 989 g/mol. The molecule has 0 aromatic heterocycles. The van der Waals surface area contributed by atoms with Crippen LogP contribution in [0.4, 0.5) is 34.1 Å². The molecule has 0 heterocycles. The quantitative estimate of drug-likeness (QED) is 0.142. The summed E-state index contributed by atoms with van der Waals surface area (Å²) in [6, 6.07) is 99.5. The average Bonchev–Trinajstić information content (AvgIpc) is 2.56. The molecule has 18 rings (SSSR count). The molecule has 1 atom stereocenters. The number of hydrogen-bond acceptors (Lipinski definition) is 2. The molecule has 2 nitrogen and oxygen atoms in total. The smallest absolute Gasteiger partial charge is 0.0727 e. The molecule has 0 N–H and O–H groups in total. The fourth-order valence-electron chi connectivity index (χ4n) is 17.4. The first-order chi connectivity index (χ1) is 40.4. The van der Waals surface area contributed by atoms with Crippen LogP contribution in [0.3, 0.4) is 0 Å². The molecule has 0 amide bonds. The first-order valence-corrected chi connectivity index (χ1v) is 30.1. The van der Waals surface area contributed by atoms with Crippen LogP contribution in [0.1, 0.15) is 90.8 Å². The van der Waals surface area contributed by atoms with Gasteiger partial charge in [-0.15, -0.1) is 0 Å². The fraction of sp³-hybridized carbons (Fsp3) is 0.175. The van der Waals surface area contributed by atoms with E-state index in [4.69, 9.17) is 0 Å². The Balaban J connectivity index is 0.912. The van der Waals surface area contributed by atoms with E-state index in [2.05, 4.69) is 285 Å². The molecule has 0 aliphatic heterocycles. The largest absolute Gasteiger partial charge is 0.310 e. The zero-order valence-corrected chi connectivity index (χ0v) is 46.6. The van der Waals surface area contributed by atoms with E-state index in [0.717, 1.165) is 52.1 Å². The lowest BCUT2D eigenvalue weighted by molar-refractivity contribution is -0.00277. The Labute approximate surface area is 483 Å². The highest BCUT2D eigenvalue weighted by Crippen LogP contribution is 2.66. The predicted molar refractivity (Wildman–Crippen MR) is 340 cm³/mol. The lowest BCUT2D eigenvalue weighted by Gasteiger charge is -2.54. The molecule has 4 fully saturated rings. The van der Waals surface area contributed by atoms with E-state index in [9.17, 15) is 0 Å². The molecule has 4 saturated carbocycles. The van der Waals surface area contributed by atoms with Crippen molar-refractivity contribution in [3.8, 4) is 55.6 Å². The van der Waals surface area contributed by atoms with Gasteiger partial charge in [0.1, 0.15) is 0 Å². The van der Waals surface area contributed by atoms with Gasteiger partial charge in [0.05, 0.1) is 11.1 Å². The molecule has 0 radical (unpaired) electrons. The second-order valence-corrected chi connectivity index (χ2v) is 25.2. The molecule has 394 valence electrons. The van der Waals surface area contributed by atoms with Crippen molar-refractivity contribution in [3.05, 3.63) is 300 Å². The molecule has 7 aliphatic rings. The normalized spacial score (nSPS) is 21.3. The van der Waals surface area contributed by atoms with Crippen molar-refractivity contribution >= 4 is 34.1 Å². The summed E-state index contributed by atoms with van der Waals surface area (Å²) in [6.45, 7) is 4.75. The van der Waals surface area contributed by atoms with Crippen LogP contribution in [0.15, 0.2) is 261 Å². The minimum Gasteiger partial charge on any atom is -0.310 e. The Morgan fingerprint density at radius 1 is 0.293 bits per heavy atom. The molecule has 0 saturated heterocycles. The van der Waals surface area contributed by atoms with Gasteiger partial charge in [-0.3, -0.25) is 0 Å². The third kappa shape index (κ3) is 7.06. The van der Waals surface area contributed by atoms with E-state index in [1.807, 2.05) is 0 Å². The highest BCUT2D eigenvalue weighted by molar-refractivity contribution is 6.02. The minimum atomic E-state index is -0.666. The number of benzene rings is 11. The topological polar surface area (TPSA) is 6.48 Å². The first-order valence-electron chi connectivity index (χ1n) is 30.1. The van der Waals surface area contributed by atoms with Gasteiger partial charge in [0, 0.05) is 39.4 Å². The van der Waals surface area contributed by atoms with Gasteiger partial charge < -0.3 is 9.80 Å². The summed E-state index contributed by atoms with van der Waals surface area (Å²) in [5.41, 5.74) is 28.2. The van der Waals surface area contributed by atoms with Crippen molar-refractivity contribution in [2.75, 3.05) is 9.80 Å². The lowest BCUT2D eigenvalue weighted by Crippen LogP contribution is -2.43. The van der Waals surface area contributed by atoms with Crippen molar-refractivity contribution in [1.29, 1.82) is 0 Å². The molecular formula is C80H64N2. The van der Waals surface area contributed by atoms with E-state index >= 15 is 0 Å². The maximum absolute atomic E-state index is 2.61. The van der Waals surface area contributed by atoms with Crippen LogP contribution in [0.2, 0.25) is 0 Å². The summed E-state index contributed by atoms with van der Waals surface area (Å²) in [4.78, 5) is 5.06. The Hall–Kier alpha value is -8.98. The molecule has 11 aromatic rings. The molecule has 4 bridgehead atoms. The Morgan fingerprint density at radius 2 is 0.756 bits per heavy atom. The van der Waals surface area contributed by atoms with Gasteiger partial charge in [-0.2, -0.15) is 0 Å². The van der Waals surface area contributed by atoms with Crippen molar-refractivity contribution in [2.45, 2.75) is 62.7 Å².